The third-order valence-corrected chi connectivity index (χ3v) is 8.02. The van der Waals surface area contributed by atoms with Crippen molar-refractivity contribution in [2.75, 3.05) is 5.75 Å². The number of nitrogens with one attached hydrogen (secondary N) is 2. The lowest BCUT2D eigenvalue weighted by atomic mass is 9.99. The van der Waals surface area contributed by atoms with Crippen LogP contribution in [0.3, 0.4) is 0 Å². The number of carbonyl (C=O) groups excluding carboxylic acids is 2. The van der Waals surface area contributed by atoms with Crippen LogP contribution in [0.4, 0.5) is 0 Å². The van der Waals surface area contributed by atoms with Crippen LogP contribution in [0.15, 0.2) is 84.3 Å². The van der Waals surface area contributed by atoms with Crippen molar-refractivity contribution < 1.29 is 28.9 Å². The molecule has 1 aromatic heterocycles. The van der Waals surface area contributed by atoms with Gasteiger partial charge in [-0.2, -0.15) is 5.10 Å². The quantitative estimate of drug-likeness (QED) is 0.162. The highest BCUT2D eigenvalue weighted by molar-refractivity contribution is 7.99. The van der Waals surface area contributed by atoms with Crippen LogP contribution in [0.2, 0.25) is 0 Å². The van der Waals surface area contributed by atoms with Gasteiger partial charge in [-0.05, 0) is 46.9 Å². The molecular formula is C32H34N4O6S. The number of carbonyl (C=O) groups is 2. The SMILES string of the molecule is CC(=O)OC(C)C(=O)NCc1cccc(-c2cccc(C3OC(CSc4ncn[nH]4)CC(c4ccc(CO)cc4)O3)c2)c1. The van der Waals surface area contributed by atoms with Crippen LogP contribution in [0, 0.1) is 0 Å². The Balaban J connectivity index is 1.32. The summed E-state index contributed by atoms with van der Waals surface area (Å²) >= 11 is 1.55. The van der Waals surface area contributed by atoms with Crippen molar-refractivity contribution in [2.24, 2.45) is 0 Å². The van der Waals surface area contributed by atoms with Crippen LogP contribution in [0.25, 0.3) is 11.1 Å². The Labute approximate surface area is 254 Å². The minimum absolute atomic E-state index is 0.0121. The zero-order valence-electron chi connectivity index (χ0n) is 23.9. The van der Waals surface area contributed by atoms with Gasteiger partial charge in [0, 0.05) is 31.2 Å². The third-order valence-electron chi connectivity index (χ3n) is 7.01. The molecule has 4 atom stereocenters. The van der Waals surface area contributed by atoms with Gasteiger partial charge < -0.3 is 24.6 Å². The van der Waals surface area contributed by atoms with E-state index in [2.05, 4.69) is 26.6 Å². The van der Waals surface area contributed by atoms with Gasteiger partial charge in [0.1, 0.15) is 6.33 Å². The van der Waals surface area contributed by atoms with Gasteiger partial charge in [-0.15, -0.1) is 0 Å². The van der Waals surface area contributed by atoms with Gasteiger partial charge in [-0.25, -0.2) is 4.98 Å². The maximum atomic E-state index is 12.3. The van der Waals surface area contributed by atoms with E-state index < -0.39 is 18.4 Å². The number of H-pyrrole nitrogens is 1. The third kappa shape index (κ3) is 8.29. The first-order valence-electron chi connectivity index (χ1n) is 14.0. The first-order chi connectivity index (χ1) is 20.9. The molecule has 4 unspecified atom stereocenters. The zero-order chi connectivity index (χ0) is 30.2. The van der Waals surface area contributed by atoms with Crippen LogP contribution in [0.1, 0.15) is 54.9 Å². The smallest absolute Gasteiger partial charge is 0.303 e. The van der Waals surface area contributed by atoms with E-state index in [0.717, 1.165) is 38.5 Å². The molecule has 0 bridgehead atoms. The number of aliphatic hydroxyl groups is 1. The Kier molecular flexibility index (Phi) is 10.2. The van der Waals surface area contributed by atoms with E-state index in [9.17, 15) is 14.7 Å². The summed E-state index contributed by atoms with van der Waals surface area (Å²) in [7, 11) is 0. The molecule has 43 heavy (non-hydrogen) atoms. The van der Waals surface area contributed by atoms with E-state index in [1.54, 1.807) is 18.7 Å². The van der Waals surface area contributed by atoms with Gasteiger partial charge >= 0.3 is 5.97 Å². The molecule has 0 spiro atoms. The van der Waals surface area contributed by atoms with Gasteiger partial charge in [0.25, 0.3) is 5.91 Å². The summed E-state index contributed by atoms with van der Waals surface area (Å²) < 4.78 is 17.9. The molecule has 0 saturated carbocycles. The number of ether oxygens (including phenoxy) is 3. The van der Waals surface area contributed by atoms with E-state index in [0.29, 0.717) is 18.7 Å². The molecule has 0 radical (unpaired) electrons. The molecule has 1 saturated heterocycles. The number of hydrogen-bond acceptors (Lipinski definition) is 9. The molecule has 1 amide bonds. The molecule has 11 heteroatoms. The van der Waals surface area contributed by atoms with Crippen molar-refractivity contribution in [3.63, 3.8) is 0 Å². The van der Waals surface area contributed by atoms with E-state index in [1.807, 2.05) is 66.7 Å². The number of aliphatic hydroxyl groups excluding tert-OH is 1. The summed E-state index contributed by atoms with van der Waals surface area (Å²) in [4.78, 5) is 27.7. The average molecular weight is 603 g/mol. The second kappa shape index (κ2) is 14.4. The molecule has 3 aromatic carbocycles. The molecule has 1 aliphatic heterocycles. The van der Waals surface area contributed by atoms with Gasteiger partial charge in [-0.1, -0.05) is 72.4 Å². The lowest BCUT2D eigenvalue weighted by Crippen LogP contribution is -2.35. The average Bonchev–Trinajstić information content (AvgIpc) is 3.56. The van der Waals surface area contributed by atoms with Gasteiger partial charge in [0.2, 0.25) is 0 Å². The normalized spacial score (nSPS) is 19.0. The van der Waals surface area contributed by atoms with Crippen LogP contribution in [-0.2, 0) is 37.0 Å². The molecule has 2 heterocycles. The molecular weight excluding hydrogens is 568 g/mol. The number of thioether (sulfide) groups is 1. The molecule has 1 aliphatic rings. The highest BCUT2D eigenvalue weighted by atomic mass is 32.2. The van der Waals surface area contributed by atoms with Crippen molar-refractivity contribution in [3.05, 3.63) is 101 Å². The largest absolute Gasteiger partial charge is 0.453 e. The molecule has 5 rings (SSSR count). The number of benzene rings is 3. The van der Waals surface area contributed by atoms with Crippen molar-refractivity contribution in [1.29, 1.82) is 0 Å². The van der Waals surface area contributed by atoms with Gasteiger partial charge in [-0.3, -0.25) is 14.7 Å². The second-order valence-electron chi connectivity index (χ2n) is 10.2. The topological polar surface area (TPSA) is 136 Å². The molecule has 0 aliphatic carbocycles. The minimum atomic E-state index is -0.859. The number of amides is 1. The lowest BCUT2D eigenvalue weighted by molar-refractivity contribution is -0.245. The van der Waals surface area contributed by atoms with Crippen LogP contribution in [-0.4, -0.2) is 50.1 Å². The minimum Gasteiger partial charge on any atom is -0.453 e. The highest BCUT2D eigenvalue weighted by Crippen LogP contribution is 2.40. The Morgan fingerprint density at radius 3 is 2.53 bits per heavy atom. The maximum absolute atomic E-state index is 12.3. The first-order valence-corrected chi connectivity index (χ1v) is 15.0. The summed E-state index contributed by atoms with van der Waals surface area (Å²) in [5, 5.41) is 19.8. The number of aromatic amines is 1. The predicted molar refractivity (Wildman–Crippen MR) is 160 cm³/mol. The number of nitrogens with zero attached hydrogens (tertiary/aromatic N) is 2. The maximum Gasteiger partial charge on any atom is 0.303 e. The van der Waals surface area contributed by atoms with Crippen molar-refractivity contribution in [2.45, 2.75) is 63.2 Å². The molecule has 224 valence electrons. The zero-order valence-corrected chi connectivity index (χ0v) is 24.8. The monoisotopic (exact) mass is 602 g/mol. The van der Waals surface area contributed by atoms with E-state index >= 15 is 0 Å². The van der Waals surface area contributed by atoms with Crippen LogP contribution >= 0.6 is 11.8 Å². The summed E-state index contributed by atoms with van der Waals surface area (Å²) in [6, 6.07) is 23.8. The van der Waals surface area contributed by atoms with Crippen LogP contribution < -0.4 is 5.32 Å². The lowest BCUT2D eigenvalue weighted by Gasteiger charge is -2.36. The Morgan fingerprint density at radius 1 is 1.05 bits per heavy atom. The highest BCUT2D eigenvalue weighted by Gasteiger charge is 2.32. The standard InChI is InChI=1S/C32H34N4O6S/c1-20(40-21(2)38)30(39)33-16-23-5-3-6-25(13-23)26-7-4-8-27(14-26)31-41-28(18-43-32-34-19-35-36-32)15-29(42-31)24-11-9-22(17-37)10-12-24/h3-14,19-20,28-29,31,37H,15-18H2,1-2H3,(H,33,39)(H,34,35,36). The van der Waals surface area contributed by atoms with Crippen molar-refractivity contribution >= 4 is 23.6 Å². The fraction of sp³-hybridized carbons (Fsp3) is 0.312. The fourth-order valence-electron chi connectivity index (χ4n) is 4.82. The fourth-order valence-corrected chi connectivity index (χ4v) is 5.62. The number of hydrogen-bond donors (Lipinski definition) is 3. The number of rotatable bonds is 11. The van der Waals surface area contributed by atoms with Gasteiger partial charge in [0.05, 0.1) is 18.8 Å². The summed E-state index contributed by atoms with van der Waals surface area (Å²) in [6.07, 6.45) is 0.390. The summed E-state index contributed by atoms with van der Waals surface area (Å²) in [6.45, 7) is 3.11. The molecule has 4 aromatic rings. The van der Waals surface area contributed by atoms with Gasteiger partial charge in [0.15, 0.2) is 17.6 Å². The number of esters is 1. The Morgan fingerprint density at radius 2 is 1.81 bits per heavy atom. The van der Waals surface area contributed by atoms with Crippen molar-refractivity contribution in [3.8, 4) is 11.1 Å². The first kappa shape index (κ1) is 30.4. The second-order valence-corrected chi connectivity index (χ2v) is 11.3. The van der Waals surface area contributed by atoms with Crippen LogP contribution in [0.5, 0.6) is 0 Å². The number of aromatic nitrogens is 3. The van der Waals surface area contributed by atoms with E-state index in [1.165, 1.54) is 13.3 Å². The Bertz CT molecular complexity index is 1510. The molecule has 3 N–H and O–H groups in total. The van der Waals surface area contributed by atoms with Crippen molar-refractivity contribution in [1.82, 2.24) is 20.5 Å². The van der Waals surface area contributed by atoms with E-state index in [4.69, 9.17) is 14.2 Å². The summed E-state index contributed by atoms with van der Waals surface area (Å²) in [5.74, 6) is -0.184. The molecule has 10 nitrogen and oxygen atoms in total. The van der Waals surface area contributed by atoms with E-state index in [-0.39, 0.29) is 24.7 Å². The summed E-state index contributed by atoms with van der Waals surface area (Å²) in [5.41, 5.74) is 5.62. The predicted octanol–water partition coefficient (Wildman–Crippen LogP) is 4.87. The molecule has 1 fully saturated rings. The Hall–Kier alpha value is -4.03.